The van der Waals surface area contributed by atoms with Gasteiger partial charge in [0.2, 0.25) is 0 Å². The molecule has 0 radical (unpaired) electrons. The van der Waals surface area contributed by atoms with E-state index >= 15 is 0 Å². The van der Waals surface area contributed by atoms with Crippen molar-refractivity contribution in [2.45, 2.75) is 0 Å². The van der Waals surface area contributed by atoms with Gasteiger partial charge in [-0.15, -0.1) is 0 Å². The van der Waals surface area contributed by atoms with Gasteiger partial charge in [-0.05, 0) is 48.5 Å². The van der Waals surface area contributed by atoms with Crippen molar-refractivity contribution >= 4 is 29.1 Å². The van der Waals surface area contributed by atoms with Gasteiger partial charge in [-0.3, -0.25) is 9.59 Å². The van der Waals surface area contributed by atoms with Gasteiger partial charge in [-0.2, -0.15) is 0 Å². The lowest BCUT2D eigenvalue weighted by molar-refractivity contribution is -0.895. The highest BCUT2D eigenvalue weighted by Crippen LogP contribution is 2.15. The fourth-order valence-electron chi connectivity index (χ4n) is 2.98. The van der Waals surface area contributed by atoms with E-state index in [2.05, 4.69) is 5.32 Å². The third-order valence-electron chi connectivity index (χ3n) is 4.54. The maximum Gasteiger partial charge on any atom is 0.279 e. The summed E-state index contributed by atoms with van der Waals surface area (Å²) in [6, 6.07) is 12.5. The monoisotopic (exact) mass is 406 g/mol. The standard InChI is InChI=1S/C20H21ClFN3O3/c21-15-1-7-18(8-2-15)28-14-20(27)25-11-9-24(10-12-25)13-19(26)23-17-5-3-16(22)4-6-17/h1-8H,9-14H2,(H,23,26)/p+1. The molecule has 0 aromatic heterocycles. The molecular weight excluding hydrogens is 385 g/mol. The van der Waals surface area contributed by atoms with Crippen LogP contribution in [0.1, 0.15) is 0 Å². The molecule has 2 aromatic rings. The van der Waals surface area contributed by atoms with E-state index in [1.54, 1.807) is 29.2 Å². The predicted molar refractivity (Wildman–Crippen MR) is 104 cm³/mol. The second kappa shape index (κ2) is 9.52. The second-order valence-electron chi connectivity index (χ2n) is 6.61. The summed E-state index contributed by atoms with van der Waals surface area (Å²) in [4.78, 5) is 27.3. The van der Waals surface area contributed by atoms with E-state index in [4.69, 9.17) is 16.3 Å². The number of quaternary nitrogens is 1. The number of nitrogens with one attached hydrogen (secondary N) is 2. The molecule has 1 saturated heterocycles. The Morgan fingerprint density at radius 2 is 1.71 bits per heavy atom. The smallest absolute Gasteiger partial charge is 0.279 e. The molecule has 2 amide bonds. The molecule has 0 bridgehead atoms. The fraction of sp³-hybridized carbons (Fsp3) is 0.300. The predicted octanol–water partition coefficient (Wildman–Crippen LogP) is 1.22. The summed E-state index contributed by atoms with van der Waals surface area (Å²) in [6.07, 6.45) is 0. The number of benzene rings is 2. The first-order chi connectivity index (χ1) is 13.5. The van der Waals surface area contributed by atoms with Crippen molar-refractivity contribution < 1.29 is 23.6 Å². The summed E-state index contributed by atoms with van der Waals surface area (Å²) >= 11 is 5.82. The molecule has 28 heavy (non-hydrogen) atoms. The topological polar surface area (TPSA) is 63.1 Å². The molecule has 1 aliphatic rings. The van der Waals surface area contributed by atoms with Crippen molar-refractivity contribution in [3.05, 3.63) is 59.4 Å². The molecule has 1 heterocycles. The molecule has 8 heteroatoms. The fourth-order valence-corrected chi connectivity index (χ4v) is 3.11. The molecule has 6 nitrogen and oxygen atoms in total. The number of ether oxygens (including phenoxy) is 1. The Morgan fingerprint density at radius 1 is 1.07 bits per heavy atom. The lowest BCUT2D eigenvalue weighted by Crippen LogP contribution is -3.15. The average molecular weight is 407 g/mol. The van der Waals surface area contributed by atoms with Crippen LogP contribution in [0, 0.1) is 5.82 Å². The highest BCUT2D eigenvalue weighted by atomic mass is 35.5. The summed E-state index contributed by atoms with van der Waals surface area (Å²) in [5.74, 6) is 0.0427. The van der Waals surface area contributed by atoms with Crippen LogP contribution in [0.2, 0.25) is 5.02 Å². The number of amides is 2. The van der Waals surface area contributed by atoms with Crippen molar-refractivity contribution in [2.24, 2.45) is 0 Å². The highest BCUT2D eigenvalue weighted by molar-refractivity contribution is 6.30. The Labute approximate surface area is 167 Å². The molecule has 0 aliphatic carbocycles. The maximum atomic E-state index is 12.9. The molecule has 1 aliphatic heterocycles. The van der Waals surface area contributed by atoms with Gasteiger partial charge in [-0.25, -0.2) is 4.39 Å². The second-order valence-corrected chi connectivity index (χ2v) is 7.04. The molecule has 0 unspecified atom stereocenters. The normalized spacial score (nSPS) is 14.6. The number of rotatable bonds is 6. The first-order valence-corrected chi connectivity index (χ1v) is 9.42. The first-order valence-electron chi connectivity index (χ1n) is 9.05. The van der Waals surface area contributed by atoms with Crippen LogP contribution < -0.4 is 15.0 Å². The van der Waals surface area contributed by atoms with Crippen molar-refractivity contribution in [1.29, 1.82) is 0 Å². The lowest BCUT2D eigenvalue weighted by atomic mass is 10.3. The summed E-state index contributed by atoms with van der Waals surface area (Å²) in [5, 5.41) is 3.37. The highest BCUT2D eigenvalue weighted by Gasteiger charge is 2.25. The Bertz CT molecular complexity index is 806. The van der Waals surface area contributed by atoms with Crippen LogP contribution >= 0.6 is 11.6 Å². The number of carbonyl (C=O) groups excluding carboxylic acids is 2. The summed E-state index contributed by atoms with van der Waals surface area (Å²) in [5.41, 5.74) is 0.568. The van der Waals surface area contributed by atoms with Crippen LogP contribution in [-0.4, -0.2) is 56.0 Å². The molecular formula is C20H22ClFN3O3+. The summed E-state index contributed by atoms with van der Waals surface area (Å²) in [6.45, 7) is 2.79. The Hall–Kier alpha value is -2.64. The number of halogens is 2. The molecule has 148 valence electrons. The van der Waals surface area contributed by atoms with Crippen molar-refractivity contribution in [2.75, 3.05) is 44.6 Å². The SMILES string of the molecule is O=C(C[NH+]1CCN(C(=O)COc2ccc(Cl)cc2)CC1)Nc1ccc(F)cc1. The minimum atomic E-state index is -0.343. The van der Waals surface area contributed by atoms with E-state index in [-0.39, 0.29) is 24.2 Å². The minimum absolute atomic E-state index is 0.0258. The largest absolute Gasteiger partial charge is 0.484 e. The van der Waals surface area contributed by atoms with Crippen molar-refractivity contribution in [3.63, 3.8) is 0 Å². The van der Waals surface area contributed by atoms with Crippen LogP contribution in [-0.2, 0) is 9.59 Å². The number of piperazine rings is 1. The van der Waals surface area contributed by atoms with Crippen LogP contribution in [0.25, 0.3) is 0 Å². The number of nitrogens with zero attached hydrogens (tertiary/aromatic N) is 1. The van der Waals surface area contributed by atoms with Crippen LogP contribution in [0.5, 0.6) is 5.75 Å². The Morgan fingerprint density at radius 3 is 2.36 bits per heavy atom. The van der Waals surface area contributed by atoms with Crippen LogP contribution in [0.15, 0.2) is 48.5 Å². The van der Waals surface area contributed by atoms with Crippen molar-refractivity contribution in [1.82, 2.24) is 4.90 Å². The van der Waals surface area contributed by atoms with Gasteiger partial charge in [0.15, 0.2) is 13.2 Å². The Balaban J connectivity index is 1.38. The molecule has 0 atom stereocenters. The van der Waals surface area contributed by atoms with Gasteiger partial charge in [0.1, 0.15) is 11.6 Å². The summed E-state index contributed by atoms with van der Waals surface area (Å²) < 4.78 is 18.4. The third kappa shape index (κ3) is 5.94. The zero-order valence-electron chi connectivity index (χ0n) is 15.3. The molecule has 2 aromatic carbocycles. The zero-order chi connectivity index (χ0) is 19.9. The van der Waals surface area contributed by atoms with Gasteiger partial charge in [0.05, 0.1) is 26.2 Å². The molecule has 0 spiro atoms. The van der Waals surface area contributed by atoms with E-state index in [9.17, 15) is 14.0 Å². The quantitative estimate of drug-likeness (QED) is 0.758. The number of anilines is 1. The van der Waals surface area contributed by atoms with Crippen LogP contribution in [0.3, 0.4) is 0 Å². The van der Waals surface area contributed by atoms with Gasteiger partial charge < -0.3 is 19.9 Å². The van der Waals surface area contributed by atoms with Gasteiger partial charge in [0, 0.05) is 10.7 Å². The van der Waals surface area contributed by atoms with E-state index in [1.165, 1.54) is 24.3 Å². The van der Waals surface area contributed by atoms with E-state index < -0.39 is 0 Å². The van der Waals surface area contributed by atoms with Crippen molar-refractivity contribution in [3.8, 4) is 5.75 Å². The average Bonchev–Trinajstić information content (AvgIpc) is 2.69. The molecule has 3 rings (SSSR count). The van der Waals surface area contributed by atoms with Gasteiger partial charge in [-0.1, -0.05) is 11.6 Å². The number of carbonyl (C=O) groups is 2. The maximum absolute atomic E-state index is 12.9. The van der Waals surface area contributed by atoms with Gasteiger partial charge in [0.25, 0.3) is 11.8 Å². The molecule has 2 N–H and O–H groups in total. The third-order valence-corrected chi connectivity index (χ3v) is 4.79. The van der Waals surface area contributed by atoms with Gasteiger partial charge >= 0.3 is 0 Å². The number of hydrogen-bond acceptors (Lipinski definition) is 3. The van der Waals surface area contributed by atoms with Crippen LogP contribution in [0.4, 0.5) is 10.1 Å². The molecule has 0 saturated carbocycles. The summed E-state index contributed by atoms with van der Waals surface area (Å²) in [7, 11) is 0. The number of hydrogen-bond donors (Lipinski definition) is 2. The minimum Gasteiger partial charge on any atom is -0.484 e. The zero-order valence-corrected chi connectivity index (χ0v) is 16.0. The Kier molecular flexibility index (Phi) is 6.84. The first kappa shape index (κ1) is 20.1. The van der Waals surface area contributed by atoms with E-state index in [1.807, 2.05) is 0 Å². The molecule has 1 fully saturated rings. The van der Waals surface area contributed by atoms with E-state index in [0.29, 0.717) is 49.2 Å². The lowest BCUT2D eigenvalue weighted by Gasteiger charge is -2.31. The van der Waals surface area contributed by atoms with E-state index in [0.717, 1.165) is 4.90 Å².